The number of likely N-dealkylation sites (N-methyl/N-ethyl adjacent to an activating group) is 1. The number of carbonyl (C=O) groups is 2. The number of amides is 1. The van der Waals surface area contributed by atoms with Crippen molar-refractivity contribution >= 4 is 17.4 Å². The van der Waals surface area contributed by atoms with Crippen molar-refractivity contribution in [2.45, 2.75) is 13.0 Å². The highest BCUT2D eigenvalue weighted by Crippen LogP contribution is 2.39. The van der Waals surface area contributed by atoms with Crippen LogP contribution in [0.2, 0.25) is 0 Å². The van der Waals surface area contributed by atoms with Crippen molar-refractivity contribution in [2.24, 2.45) is 0 Å². The lowest BCUT2D eigenvalue weighted by atomic mass is 9.95. The fourth-order valence-electron chi connectivity index (χ4n) is 3.62. The molecule has 6 heteroatoms. The van der Waals surface area contributed by atoms with E-state index in [1.165, 1.54) is 4.90 Å². The lowest BCUT2D eigenvalue weighted by Gasteiger charge is -2.25. The van der Waals surface area contributed by atoms with Gasteiger partial charge in [-0.2, -0.15) is 0 Å². The molecule has 1 atom stereocenters. The number of aliphatic hydroxyl groups is 1. The lowest BCUT2D eigenvalue weighted by molar-refractivity contribution is -0.857. The number of carbonyl (C=O) groups excluding carboxylic acids is 2. The van der Waals surface area contributed by atoms with Crippen LogP contribution in [0.25, 0.3) is 5.76 Å². The van der Waals surface area contributed by atoms with Crippen molar-refractivity contribution in [3.05, 3.63) is 70.8 Å². The third-order valence-electron chi connectivity index (χ3n) is 5.18. The summed E-state index contributed by atoms with van der Waals surface area (Å²) in [6.07, 6.45) is 0. The Kier molecular flexibility index (Phi) is 6.03. The SMILES string of the molecule is COc1ccc(/C(O)=C2\C(=O)C(=O)N(CC[NH+](C)C)[C@@H]2c2ccccc2)cc1C. The first kappa shape index (κ1) is 20.6. The van der Waals surface area contributed by atoms with Gasteiger partial charge in [-0.3, -0.25) is 9.59 Å². The number of aliphatic hydroxyl groups excluding tert-OH is 1. The molecule has 29 heavy (non-hydrogen) atoms. The second kappa shape index (κ2) is 8.49. The number of methoxy groups -OCH3 is 1. The molecule has 1 fully saturated rings. The van der Waals surface area contributed by atoms with E-state index in [0.29, 0.717) is 24.4 Å². The van der Waals surface area contributed by atoms with Gasteiger partial charge in [0.15, 0.2) is 0 Å². The average Bonchev–Trinajstić information content (AvgIpc) is 2.97. The summed E-state index contributed by atoms with van der Waals surface area (Å²) < 4.78 is 5.28. The van der Waals surface area contributed by atoms with Crippen LogP contribution in [0.5, 0.6) is 5.75 Å². The number of hydrogen-bond acceptors (Lipinski definition) is 4. The van der Waals surface area contributed by atoms with E-state index in [2.05, 4.69) is 0 Å². The highest BCUT2D eigenvalue weighted by molar-refractivity contribution is 6.46. The molecule has 0 spiro atoms. The fraction of sp³-hybridized carbons (Fsp3) is 0.304. The number of likely N-dealkylation sites (tertiary alicyclic amines) is 1. The van der Waals surface area contributed by atoms with E-state index >= 15 is 0 Å². The van der Waals surface area contributed by atoms with Crippen molar-refractivity contribution in [3.63, 3.8) is 0 Å². The Morgan fingerprint density at radius 1 is 1.14 bits per heavy atom. The number of nitrogens with one attached hydrogen (secondary N) is 1. The van der Waals surface area contributed by atoms with Gasteiger partial charge in [0.2, 0.25) is 0 Å². The summed E-state index contributed by atoms with van der Waals surface area (Å²) in [6, 6.07) is 13.9. The standard InChI is InChI=1S/C23H26N2O4/c1-15-14-17(10-11-18(15)29-4)21(26)19-20(16-8-6-5-7-9-16)25(13-12-24(2)3)23(28)22(19)27/h5-11,14,20,26H,12-13H2,1-4H3/p+1/b21-19+/t20-/m1/s1. The molecule has 2 N–H and O–H groups in total. The summed E-state index contributed by atoms with van der Waals surface area (Å²) in [5.74, 6) is -0.705. The molecule has 0 radical (unpaired) electrons. The number of nitrogens with zero attached hydrogens (tertiary/aromatic N) is 1. The van der Waals surface area contributed by atoms with Crippen LogP contribution in [-0.4, -0.2) is 56.0 Å². The molecular weight excluding hydrogens is 368 g/mol. The lowest BCUT2D eigenvalue weighted by Crippen LogP contribution is -3.06. The number of aryl methyl sites for hydroxylation is 1. The topological polar surface area (TPSA) is 71.3 Å². The molecule has 1 amide bonds. The van der Waals surface area contributed by atoms with Crippen LogP contribution in [0, 0.1) is 6.92 Å². The van der Waals surface area contributed by atoms with E-state index in [9.17, 15) is 14.7 Å². The van der Waals surface area contributed by atoms with E-state index in [4.69, 9.17) is 4.74 Å². The largest absolute Gasteiger partial charge is 0.507 e. The molecule has 1 heterocycles. The highest BCUT2D eigenvalue weighted by atomic mass is 16.5. The molecule has 1 aliphatic rings. The smallest absolute Gasteiger partial charge is 0.295 e. The molecule has 0 aromatic heterocycles. The van der Waals surface area contributed by atoms with Crippen LogP contribution in [0.4, 0.5) is 0 Å². The molecule has 1 aliphatic heterocycles. The number of Topliss-reactive ketones (excluding diaryl/α,β-unsaturated/α-hetero) is 1. The summed E-state index contributed by atoms with van der Waals surface area (Å²) in [5.41, 5.74) is 2.24. The normalized spacial score (nSPS) is 18.5. The van der Waals surface area contributed by atoms with Crippen LogP contribution >= 0.6 is 0 Å². The number of ketones is 1. The van der Waals surface area contributed by atoms with Gasteiger partial charge in [0, 0.05) is 5.56 Å². The minimum Gasteiger partial charge on any atom is -0.507 e. The van der Waals surface area contributed by atoms with Crippen molar-refractivity contribution in [1.29, 1.82) is 0 Å². The van der Waals surface area contributed by atoms with Crippen LogP contribution in [0.3, 0.4) is 0 Å². The summed E-state index contributed by atoms with van der Waals surface area (Å²) in [4.78, 5) is 28.5. The van der Waals surface area contributed by atoms with Gasteiger partial charge in [0.1, 0.15) is 11.5 Å². The monoisotopic (exact) mass is 395 g/mol. The summed E-state index contributed by atoms with van der Waals surface area (Å²) in [6.45, 7) is 2.98. The fourth-order valence-corrected chi connectivity index (χ4v) is 3.62. The highest BCUT2D eigenvalue weighted by Gasteiger charge is 2.46. The van der Waals surface area contributed by atoms with E-state index in [-0.39, 0.29) is 11.3 Å². The molecule has 0 bridgehead atoms. The van der Waals surface area contributed by atoms with Gasteiger partial charge in [-0.25, -0.2) is 0 Å². The van der Waals surface area contributed by atoms with Gasteiger partial charge in [0.25, 0.3) is 11.7 Å². The Labute approximate surface area is 171 Å². The molecule has 6 nitrogen and oxygen atoms in total. The van der Waals surface area contributed by atoms with Crippen molar-refractivity contribution in [2.75, 3.05) is 34.3 Å². The first-order valence-corrected chi connectivity index (χ1v) is 9.62. The summed E-state index contributed by atoms with van der Waals surface area (Å²) in [5, 5.41) is 11.1. The Hall–Kier alpha value is -3.12. The molecule has 2 aromatic rings. The Morgan fingerprint density at radius 3 is 2.41 bits per heavy atom. The maximum Gasteiger partial charge on any atom is 0.295 e. The zero-order valence-electron chi connectivity index (χ0n) is 17.2. The van der Waals surface area contributed by atoms with E-state index in [1.807, 2.05) is 51.4 Å². The van der Waals surface area contributed by atoms with E-state index in [0.717, 1.165) is 11.1 Å². The Balaban J connectivity index is 2.13. The van der Waals surface area contributed by atoms with Gasteiger partial charge < -0.3 is 19.6 Å². The minimum atomic E-state index is -0.654. The maximum atomic E-state index is 12.9. The number of ether oxygens (including phenoxy) is 1. The van der Waals surface area contributed by atoms with Gasteiger partial charge in [-0.1, -0.05) is 30.3 Å². The molecule has 0 saturated carbocycles. The summed E-state index contributed by atoms with van der Waals surface area (Å²) in [7, 11) is 5.57. The van der Waals surface area contributed by atoms with Crippen molar-refractivity contribution in [3.8, 4) is 5.75 Å². The number of rotatable bonds is 6. The van der Waals surface area contributed by atoms with Gasteiger partial charge in [0.05, 0.1) is 45.9 Å². The zero-order valence-corrected chi connectivity index (χ0v) is 17.2. The Bertz CT molecular complexity index is 951. The van der Waals surface area contributed by atoms with Gasteiger partial charge in [-0.15, -0.1) is 0 Å². The van der Waals surface area contributed by atoms with Crippen molar-refractivity contribution < 1.29 is 24.3 Å². The minimum absolute atomic E-state index is 0.125. The molecule has 0 unspecified atom stereocenters. The first-order chi connectivity index (χ1) is 13.8. The van der Waals surface area contributed by atoms with Crippen LogP contribution in [-0.2, 0) is 9.59 Å². The Morgan fingerprint density at radius 2 is 1.83 bits per heavy atom. The van der Waals surface area contributed by atoms with Crippen LogP contribution in [0.15, 0.2) is 54.1 Å². The first-order valence-electron chi connectivity index (χ1n) is 9.62. The molecule has 3 rings (SSSR count). The molecular formula is C23H27N2O4+. The van der Waals surface area contributed by atoms with Crippen LogP contribution in [0.1, 0.15) is 22.7 Å². The summed E-state index contributed by atoms with van der Waals surface area (Å²) >= 11 is 0. The van der Waals surface area contributed by atoms with Gasteiger partial charge >= 0.3 is 0 Å². The predicted molar refractivity (Wildman–Crippen MR) is 111 cm³/mol. The number of hydrogen-bond donors (Lipinski definition) is 2. The zero-order chi connectivity index (χ0) is 21.1. The molecule has 0 aliphatic carbocycles. The quantitative estimate of drug-likeness (QED) is 0.443. The third kappa shape index (κ3) is 4.03. The molecule has 2 aromatic carbocycles. The third-order valence-corrected chi connectivity index (χ3v) is 5.18. The second-order valence-corrected chi connectivity index (χ2v) is 7.54. The average molecular weight is 395 g/mol. The molecule has 1 saturated heterocycles. The van der Waals surface area contributed by atoms with E-state index in [1.54, 1.807) is 30.2 Å². The predicted octanol–water partition coefficient (Wildman–Crippen LogP) is 1.57. The molecule has 152 valence electrons. The van der Waals surface area contributed by atoms with Gasteiger partial charge in [-0.05, 0) is 36.2 Å². The van der Waals surface area contributed by atoms with E-state index < -0.39 is 17.7 Å². The number of benzene rings is 2. The maximum absolute atomic E-state index is 12.9. The number of quaternary nitrogens is 1. The van der Waals surface area contributed by atoms with Crippen molar-refractivity contribution in [1.82, 2.24) is 4.90 Å². The second-order valence-electron chi connectivity index (χ2n) is 7.54. The van der Waals surface area contributed by atoms with Crippen LogP contribution < -0.4 is 9.64 Å².